The number of rotatable bonds is 5. The monoisotopic (exact) mass is 381 g/mol. The fraction of sp³-hybridized carbons (Fsp3) is 0.435. The number of nitrogens with one attached hydrogen (secondary N) is 1. The molecule has 148 valence electrons. The molecule has 0 spiro atoms. The molecule has 2 unspecified atom stereocenters. The first-order valence-corrected chi connectivity index (χ1v) is 10.1. The van der Waals surface area contributed by atoms with Crippen molar-refractivity contribution < 1.29 is 19.4 Å². The molecular weight excluding hydrogens is 354 g/mol. The number of hydrogen-bond acceptors (Lipinski definition) is 4. The van der Waals surface area contributed by atoms with E-state index in [2.05, 4.69) is 11.4 Å². The van der Waals surface area contributed by atoms with Gasteiger partial charge in [0.25, 0.3) is 0 Å². The fourth-order valence-corrected chi connectivity index (χ4v) is 4.26. The number of benzene rings is 2. The summed E-state index contributed by atoms with van der Waals surface area (Å²) in [6, 6.07) is 13.7. The van der Waals surface area contributed by atoms with Crippen molar-refractivity contribution in [2.75, 3.05) is 19.8 Å². The molecule has 1 amide bonds. The lowest BCUT2D eigenvalue weighted by molar-refractivity contribution is -0.127. The van der Waals surface area contributed by atoms with Crippen LogP contribution in [0.4, 0.5) is 0 Å². The molecule has 2 N–H and O–H groups in total. The first kappa shape index (κ1) is 18.8. The summed E-state index contributed by atoms with van der Waals surface area (Å²) in [6.45, 7) is 3.12. The quantitative estimate of drug-likeness (QED) is 0.836. The first-order chi connectivity index (χ1) is 13.6. The van der Waals surface area contributed by atoms with Gasteiger partial charge in [-0.15, -0.1) is 0 Å². The molecule has 5 nitrogen and oxygen atoms in total. The summed E-state index contributed by atoms with van der Waals surface area (Å²) < 4.78 is 11.3. The van der Waals surface area contributed by atoms with Gasteiger partial charge in [0.1, 0.15) is 23.7 Å². The Hall–Kier alpha value is -2.53. The van der Waals surface area contributed by atoms with Gasteiger partial charge in [0.2, 0.25) is 5.91 Å². The molecule has 0 bridgehead atoms. The maximum atomic E-state index is 12.8. The standard InChI is InChI=1S/C23H27NO4/c1-2-27-19-9-10-21-17(13-19)12-18(14-28-21)22(25)24-15-23(26)11-5-7-16-6-3-4-8-20(16)23/h3-4,6,8-10,13,18,26H,2,5,7,11-12,14-15H2,1H3,(H,24,25). The average Bonchev–Trinajstić information content (AvgIpc) is 2.72. The molecule has 0 radical (unpaired) electrons. The first-order valence-electron chi connectivity index (χ1n) is 10.1. The Balaban J connectivity index is 1.42. The summed E-state index contributed by atoms with van der Waals surface area (Å²) in [7, 11) is 0. The molecule has 0 fully saturated rings. The van der Waals surface area contributed by atoms with Crippen LogP contribution in [0.5, 0.6) is 11.5 Å². The summed E-state index contributed by atoms with van der Waals surface area (Å²) in [4.78, 5) is 12.8. The topological polar surface area (TPSA) is 67.8 Å². The van der Waals surface area contributed by atoms with Crippen LogP contribution in [0.15, 0.2) is 42.5 Å². The van der Waals surface area contributed by atoms with Crippen molar-refractivity contribution >= 4 is 5.91 Å². The van der Waals surface area contributed by atoms with E-state index in [1.165, 1.54) is 5.56 Å². The maximum Gasteiger partial charge on any atom is 0.227 e. The van der Waals surface area contributed by atoms with Gasteiger partial charge in [-0.25, -0.2) is 0 Å². The van der Waals surface area contributed by atoms with Gasteiger partial charge >= 0.3 is 0 Å². The second kappa shape index (κ2) is 7.84. The van der Waals surface area contributed by atoms with Crippen LogP contribution in [0.1, 0.15) is 36.5 Å². The molecule has 5 heteroatoms. The Morgan fingerprint density at radius 2 is 2.14 bits per heavy atom. The zero-order valence-corrected chi connectivity index (χ0v) is 16.2. The number of amides is 1. The third-order valence-corrected chi connectivity index (χ3v) is 5.73. The lowest BCUT2D eigenvalue weighted by Gasteiger charge is -2.35. The molecule has 2 aliphatic rings. The number of carbonyl (C=O) groups is 1. The summed E-state index contributed by atoms with van der Waals surface area (Å²) in [5, 5.41) is 14.1. The van der Waals surface area contributed by atoms with Crippen molar-refractivity contribution in [1.29, 1.82) is 0 Å². The number of hydrogen-bond donors (Lipinski definition) is 2. The third kappa shape index (κ3) is 3.72. The number of carbonyl (C=O) groups excluding carboxylic acids is 1. The van der Waals surface area contributed by atoms with Crippen molar-refractivity contribution in [2.24, 2.45) is 5.92 Å². The van der Waals surface area contributed by atoms with Crippen molar-refractivity contribution in [3.8, 4) is 11.5 Å². The third-order valence-electron chi connectivity index (χ3n) is 5.73. The van der Waals surface area contributed by atoms with E-state index in [4.69, 9.17) is 9.47 Å². The highest BCUT2D eigenvalue weighted by Gasteiger charge is 2.35. The van der Waals surface area contributed by atoms with Crippen LogP contribution in [-0.4, -0.2) is 30.8 Å². The molecule has 28 heavy (non-hydrogen) atoms. The minimum atomic E-state index is -1.000. The molecule has 0 saturated carbocycles. The van der Waals surface area contributed by atoms with E-state index in [0.29, 0.717) is 26.1 Å². The second-order valence-corrected chi connectivity index (χ2v) is 7.67. The van der Waals surface area contributed by atoms with Gasteiger partial charge in [0.05, 0.1) is 19.1 Å². The van der Waals surface area contributed by atoms with Crippen LogP contribution < -0.4 is 14.8 Å². The minimum absolute atomic E-state index is 0.0797. The van der Waals surface area contributed by atoms with Crippen LogP contribution >= 0.6 is 0 Å². The molecule has 1 aliphatic heterocycles. The summed E-state index contributed by atoms with van der Waals surface area (Å²) >= 11 is 0. The van der Waals surface area contributed by atoms with Gasteiger partial charge in [0.15, 0.2) is 0 Å². The molecule has 1 aliphatic carbocycles. The molecule has 4 rings (SSSR count). The zero-order chi connectivity index (χ0) is 19.6. The minimum Gasteiger partial charge on any atom is -0.494 e. The van der Waals surface area contributed by atoms with Crippen molar-refractivity contribution in [2.45, 2.75) is 38.2 Å². The largest absolute Gasteiger partial charge is 0.494 e. The highest BCUT2D eigenvalue weighted by Crippen LogP contribution is 2.35. The molecule has 1 heterocycles. The smallest absolute Gasteiger partial charge is 0.227 e. The predicted molar refractivity (Wildman–Crippen MR) is 107 cm³/mol. The van der Waals surface area contributed by atoms with Crippen molar-refractivity contribution in [1.82, 2.24) is 5.32 Å². The van der Waals surface area contributed by atoms with Gasteiger partial charge < -0.3 is 19.9 Å². The molecule has 2 aromatic carbocycles. The molecule has 2 atom stereocenters. The van der Waals surface area contributed by atoms with E-state index >= 15 is 0 Å². The van der Waals surface area contributed by atoms with E-state index in [9.17, 15) is 9.90 Å². The SMILES string of the molecule is CCOc1ccc2c(c1)CC(C(=O)NCC1(O)CCCc3ccccc31)CO2. The van der Waals surface area contributed by atoms with E-state index in [0.717, 1.165) is 35.5 Å². The number of fused-ring (bicyclic) bond motifs is 2. The maximum absolute atomic E-state index is 12.8. The Kier molecular flexibility index (Phi) is 5.27. The Bertz CT molecular complexity index is 865. The number of aryl methyl sites for hydroxylation is 1. The Labute approximate surface area is 165 Å². The molecule has 0 aromatic heterocycles. The van der Waals surface area contributed by atoms with Crippen LogP contribution in [0.3, 0.4) is 0 Å². The van der Waals surface area contributed by atoms with Crippen molar-refractivity contribution in [3.05, 3.63) is 59.2 Å². The summed E-state index contributed by atoms with van der Waals surface area (Å²) in [5.74, 6) is 1.25. The fourth-order valence-electron chi connectivity index (χ4n) is 4.26. The second-order valence-electron chi connectivity index (χ2n) is 7.67. The molecule has 0 saturated heterocycles. The van der Waals surface area contributed by atoms with E-state index in [1.807, 2.05) is 43.3 Å². The van der Waals surface area contributed by atoms with Gasteiger partial charge in [-0.05, 0) is 67.5 Å². The van der Waals surface area contributed by atoms with E-state index < -0.39 is 5.60 Å². The predicted octanol–water partition coefficient (Wildman–Crippen LogP) is 2.98. The van der Waals surface area contributed by atoms with Crippen LogP contribution in [-0.2, 0) is 23.2 Å². The number of ether oxygens (including phenoxy) is 2. The lowest BCUT2D eigenvalue weighted by Crippen LogP contribution is -2.46. The lowest BCUT2D eigenvalue weighted by atomic mass is 9.79. The van der Waals surface area contributed by atoms with Crippen LogP contribution in [0.25, 0.3) is 0 Å². The van der Waals surface area contributed by atoms with E-state index in [1.54, 1.807) is 0 Å². The zero-order valence-electron chi connectivity index (χ0n) is 16.2. The summed E-state index contributed by atoms with van der Waals surface area (Å²) in [5.41, 5.74) is 2.09. The molecule has 2 aromatic rings. The highest BCUT2D eigenvalue weighted by atomic mass is 16.5. The summed E-state index contributed by atoms with van der Waals surface area (Å²) in [6.07, 6.45) is 3.16. The van der Waals surface area contributed by atoms with Crippen LogP contribution in [0.2, 0.25) is 0 Å². The highest BCUT2D eigenvalue weighted by molar-refractivity contribution is 5.79. The van der Waals surface area contributed by atoms with Gasteiger partial charge in [-0.2, -0.15) is 0 Å². The number of aliphatic hydroxyl groups is 1. The van der Waals surface area contributed by atoms with Crippen molar-refractivity contribution in [3.63, 3.8) is 0 Å². The van der Waals surface area contributed by atoms with Gasteiger partial charge in [0, 0.05) is 0 Å². The Morgan fingerprint density at radius 3 is 3.00 bits per heavy atom. The average molecular weight is 381 g/mol. The molecular formula is C23H27NO4. The normalized spacial score (nSPS) is 23.1. The Morgan fingerprint density at radius 1 is 1.29 bits per heavy atom. The van der Waals surface area contributed by atoms with Gasteiger partial charge in [-0.3, -0.25) is 4.79 Å². The van der Waals surface area contributed by atoms with Crippen LogP contribution in [0, 0.1) is 5.92 Å². The van der Waals surface area contributed by atoms with Gasteiger partial charge in [-0.1, -0.05) is 24.3 Å². The van der Waals surface area contributed by atoms with E-state index in [-0.39, 0.29) is 18.4 Å².